The molecule has 3 aromatic rings. The molecule has 2 aromatic heterocycles. The molecule has 1 atom stereocenters. The number of rotatable bonds is 7. The van der Waals surface area contributed by atoms with Crippen LogP contribution in [0.3, 0.4) is 0 Å². The summed E-state index contributed by atoms with van der Waals surface area (Å²) in [4.78, 5) is 13.1. The molecular formula is C20H22F2N4O5S2. The van der Waals surface area contributed by atoms with Gasteiger partial charge in [0.2, 0.25) is 15.9 Å². The molecule has 9 nitrogen and oxygen atoms in total. The van der Waals surface area contributed by atoms with Crippen LogP contribution in [0.1, 0.15) is 0 Å². The van der Waals surface area contributed by atoms with Gasteiger partial charge in [-0.05, 0) is 30.3 Å². The van der Waals surface area contributed by atoms with Gasteiger partial charge in [-0.25, -0.2) is 18.4 Å². The molecule has 0 aliphatic carbocycles. The number of fused-ring (bicyclic) bond motifs is 1. The number of pyridine rings is 1. The molecule has 1 saturated heterocycles. The van der Waals surface area contributed by atoms with Crippen molar-refractivity contribution in [2.45, 2.75) is 12.7 Å². The fraction of sp³-hybridized carbons (Fsp3) is 0.350. The number of benzene rings is 1. The minimum atomic E-state index is -3.33. The summed E-state index contributed by atoms with van der Waals surface area (Å²) in [6, 6.07) is 7.74. The van der Waals surface area contributed by atoms with Crippen LogP contribution in [0, 0.1) is 0 Å². The van der Waals surface area contributed by atoms with E-state index in [1.165, 1.54) is 28.8 Å². The Morgan fingerprint density at radius 3 is 2.64 bits per heavy atom. The van der Waals surface area contributed by atoms with Gasteiger partial charge in [-0.2, -0.15) is 26.6 Å². The van der Waals surface area contributed by atoms with Crippen LogP contribution < -0.4 is 9.47 Å². The Bertz CT molecular complexity index is 1200. The van der Waals surface area contributed by atoms with Gasteiger partial charge in [0, 0.05) is 31.0 Å². The number of hydrogen-bond donors (Lipinski definition) is 0. The largest absolute Gasteiger partial charge is 0.473 e. The maximum atomic E-state index is 12.4. The lowest BCUT2D eigenvalue weighted by molar-refractivity contribution is -0.0498. The third-order valence-corrected chi connectivity index (χ3v) is 6.05. The lowest BCUT2D eigenvalue weighted by atomic mass is 10.1. The second kappa shape index (κ2) is 10.5. The Kier molecular flexibility index (Phi) is 8.00. The van der Waals surface area contributed by atoms with Crippen LogP contribution in [0.5, 0.6) is 11.6 Å². The Morgan fingerprint density at radius 1 is 1.21 bits per heavy atom. The minimum absolute atomic E-state index is 0. The number of ether oxygens (including phenoxy) is 3. The van der Waals surface area contributed by atoms with Gasteiger partial charge in [0.1, 0.15) is 18.5 Å². The molecule has 3 heterocycles. The summed E-state index contributed by atoms with van der Waals surface area (Å²) in [6.07, 6.45) is 3.72. The quantitative estimate of drug-likeness (QED) is 0.487. The number of sulfonamides is 1. The predicted molar refractivity (Wildman–Crippen MR) is 121 cm³/mol. The highest BCUT2D eigenvalue weighted by atomic mass is 32.2. The van der Waals surface area contributed by atoms with Crippen LogP contribution in [0.25, 0.3) is 22.3 Å². The second-order valence-corrected chi connectivity index (χ2v) is 9.05. The van der Waals surface area contributed by atoms with Crippen LogP contribution in [-0.2, 0) is 14.8 Å². The highest BCUT2D eigenvalue weighted by Crippen LogP contribution is 2.28. The molecule has 0 saturated carbocycles. The Morgan fingerprint density at radius 2 is 1.94 bits per heavy atom. The summed E-state index contributed by atoms with van der Waals surface area (Å²) in [7, 11) is -3.33. The van der Waals surface area contributed by atoms with Crippen molar-refractivity contribution in [2.75, 3.05) is 32.6 Å². The third kappa shape index (κ3) is 6.25. The maximum Gasteiger partial charge on any atom is 0.387 e. The number of hydrogen-bond acceptors (Lipinski definition) is 8. The first-order valence-electron chi connectivity index (χ1n) is 9.66. The normalized spacial score (nSPS) is 17.0. The first-order valence-corrected chi connectivity index (χ1v) is 11.5. The standard InChI is InChI=1S/C20H20F2N4O5S.H2S/c1-32(27,28)26-8-9-29-15(11-26)12-30-19-18-17(23-6-7-24-18)10-16(25-19)13-2-4-14(5-3-13)31-20(21)22;/h2-7,10,15,20H,8-9,11-12H2,1H3;1H2/t15-;/m0./s1. The summed E-state index contributed by atoms with van der Waals surface area (Å²) in [5, 5.41) is 0. The van der Waals surface area contributed by atoms with Crippen molar-refractivity contribution in [1.82, 2.24) is 19.3 Å². The van der Waals surface area contributed by atoms with E-state index < -0.39 is 22.7 Å². The molecule has 0 amide bonds. The van der Waals surface area contributed by atoms with E-state index >= 15 is 0 Å². The van der Waals surface area contributed by atoms with E-state index in [2.05, 4.69) is 19.7 Å². The summed E-state index contributed by atoms with van der Waals surface area (Å²) in [6.45, 7) is -2.11. The molecule has 0 radical (unpaired) electrons. The van der Waals surface area contributed by atoms with Crippen LogP contribution >= 0.6 is 13.5 Å². The number of alkyl halides is 2. The van der Waals surface area contributed by atoms with Gasteiger partial charge >= 0.3 is 6.61 Å². The van der Waals surface area contributed by atoms with Crippen molar-refractivity contribution in [1.29, 1.82) is 0 Å². The maximum absolute atomic E-state index is 12.4. The Hall–Kier alpha value is -2.61. The van der Waals surface area contributed by atoms with E-state index in [0.717, 1.165) is 6.26 Å². The summed E-state index contributed by atoms with van der Waals surface area (Å²) < 4.78 is 65.6. The van der Waals surface area contributed by atoms with E-state index in [1.54, 1.807) is 18.2 Å². The zero-order valence-electron chi connectivity index (χ0n) is 17.5. The molecular weight excluding hydrogens is 478 g/mol. The topological polar surface area (TPSA) is 104 Å². The summed E-state index contributed by atoms with van der Waals surface area (Å²) in [5.41, 5.74) is 2.10. The number of nitrogens with zero attached hydrogens (tertiary/aromatic N) is 4. The predicted octanol–water partition coefficient (Wildman–Crippen LogP) is 2.45. The van der Waals surface area contributed by atoms with Gasteiger partial charge in [-0.3, -0.25) is 4.98 Å². The molecule has 1 aliphatic rings. The van der Waals surface area contributed by atoms with Crippen molar-refractivity contribution in [2.24, 2.45) is 0 Å². The molecule has 4 rings (SSSR count). The zero-order valence-corrected chi connectivity index (χ0v) is 19.3. The lowest BCUT2D eigenvalue weighted by Crippen LogP contribution is -2.47. The van der Waals surface area contributed by atoms with Gasteiger partial charge < -0.3 is 14.2 Å². The van der Waals surface area contributed by atoms with Gasteiger partial charge in [0.25, 0.3) is 0 Å². The molecule has 0 bridgehead atoms. The molecule has 0 spiro atoms. The summed E-state index contributed by atoms with van der Waals surface area (Å²) >= 11 is 0. The third-order valence-electron chi connectivity index (χ3n) is 4.78. The average Bonchev–Trinajstić information content (AvgIpc) is 2.77. The first-order chi connectivity index (χ1) is 15.3. The lowest BCUT2D eigenvalue weighted by Gasteiger charge is -2.30. The van der Waals surface area contributed by atoms with Crippen LogP contribution in [0.15, 0.2) is 42.7 Å². The van der Waals surface area contributed by atoms with E-state index in [1.807, 2.05) is 0 Å². The molecule has 1 aliphatic heterocycles. The highest BCUT2D eigenvalue weighted by Gasteiger charge is 2.27. The van der Waals surface area contributed by atoms with Crippen LogP contribution in [0.4, 0.5) is 8.78 Å². The Balaban J connectivity index is 0.00000306. The molecule has 1 aromatic carbocycles. The van der Waals surface area contributed by atoms with E-state index in [-0.39, 0.29) is 44.9 Å². The van der Waals surface area contributed by atoms with Crippen molar-refractivity contribution in [3.8, 4) is 22.9 Å². The average molecular weight is 501 g/mol. The SMILES string of the molecule is CS(=O)(=O)N1CCO[C@H](COc2nc(-c3ccc(OC(F)F)cc3)cc3nccnc23)C1.S. The van der Waals surface area contributed by atoms with Crippen LogP contribution in [0.2, 0.25) is 0 Å². The monoisotopic (exact) mass is 500 g/mol. The highest BCUT2D eigenvalue weighted by molar-refractivity contribution is 7.88. The molecule has 0 N–H and O–H groups in total. The Labute approximate surface area is 196 Å². The zero-order chi connectivity index (χ0) is 22.7. The number of morpholine rings is 1. The van der Waals surface area contributed by atoms with E-state index in [0.29, 0.717) is 28.8 Å². The van der Waals surface area contributed by atoms with Gasteiger partial charge in [-0.15, -0.1) is 0 Å². The first kappa shape index (κ1) is 25.0. The fourth-order valence-corrected chi connectivity index (χ4v) is 4.11. The van der Waals surface area contributed by atoms with Crippen molar-refractivity contribution in [3.63, 3.8) is 0 Å². The van der Waals surface area contributed by atoms with Crippen molar-refractivity contribution in [3.05, 3.63) is 42.7 Å². The van der Waals surface area contributed by atoms with Crippen molar-refractivity contribution >= 4 is 34.6 Å². The second-order valence-electron chi connectivity index (χ2n) is 7.06. The van der Waals surface area contributed by atoms with Crippen LogP contribution in [-0.4, -0.2) is 72.9 Å². The minimum Gasteiger partial charge on any atom is -0.473 e. The van der Waals surface area contributed by atoms with Gasteiger partial charge in [0.15, 0.2) is 5.52 Å². The number of aromatic nitrogens is 3. The molecule has 13 heteroatoms. The van der Waals surface area contributed by atoms with E-state index in [4.69, 9.17) is 9.47 Å². The van der Waals surface area contributed by atoms with Crippen molar-refractivity contribution < 1.29 is 31.4 Å². The van der Waals surface area contributed by atoms with Gasteiger partial charge in [0.05, 0.1) is 24.1 Å². The smallest absolute Gasteiger partial charge is 0.387 e. The van der Waals surface area contributed by atoms with Gasteiger partial charge in [-0.1, -0.05) is 0 Å². The van der Waals surface area contributed by atoms with E-state index in [9.17, 15) is 17.2 Å². The number of halogens is 2. The molecule has 33 heavy (non-hydrogen) atoms. The molecule has 178 valence electrons. The molecule has 0 unspecified atom stereocenters. The fourth-order valence-electron chi connectivity index (χ4n) is 3.27. The molecule has 1 fully saturated rings. The summed E-state index contributed by atoms with van der Waals surface area (Å²) in [5.74, 6) is 0.240.